The fraction of sp³-hybridized carbons (Fsp3) is 0.0714. The van der Waals surface area contributed by atoms with Gasteiger partial charge in [-0.25, -0.2) is 4.39 Å². The summed E-state index contributed by atoms with van der Waals surface area (Å²) in [7, 11) is 1.54. The maximum absolute atomic E-state index is 13.6. The van der Waals surface area contributed by atoms with Crippen molar-refractivity contribution in [3.05, 3.63) is 53.8 Å². The van der Waals surface area contributed by atoms with Crippen LogP contribution in [0.25, 0.3) is 0 Å². The molecule has 0 aliphatic heterocycles. The Labute approximate surface area is 110 Å². The summed E-state index contributed by atoms with van der Waals surface area (Å²) in [6.45, 7) is 0. The van der Waals surface area contributed by atoms with Gasteiger partial charge in [-0.1, -0.05) is 12.1 Å². The van der Waals surface area contributed by atoms with Gasteiger partial charge in [0.25, 0.3) is 0 Å². The normalized spacial score (nSPS) is 10.0. The zero-order valence-corrected chi connectivity index (χ0v) is 10.3. The van der Waals surface area contributed by atoms with Crippen LogP contribution < -0.4 is 15.2 Å². The quantitative estimate of drug-likeness (QED) is 0.656. The summed E-state index contributed by atoms with van der Waals surface area (Å²) in [5.74, 6) is 0.329. The van der Waals surface area contributed by atoms with Crippen LogP contribution in [-0.2, 0) is 0 Å². The molecule has 0 bridgehead atoms. The maximum atomic E-state index is 13.6. The first-order valence-electron chi connectivity index (χ1n) is 5.56. The Morgan fingerprint density at radius 1 is 1.16 bits per heavy atom. The molecule has 0 fully saturated rings. The molecule has 0 saturated carbocycles. The van der Waals surface area contributed by atoms with Crippen molar-refractivity contribution in [3.63, 3.8) is 0 Å². The lowest BCUT2D eigenvalue weighted by atomic mass is 10.1. The highest BCUT2D eigenvalue weighted by Crippen LogP contribution is 2.28. The predicted molar refractivity (Wildman–Crippen MR) is 70.5 cm³/mol. The molecule has 3 N–H and O–H groups in total. The highest BCUT2D eigenvalue weighted by atomic mass is 19.1. The van der Waals surface area contributed by atoms with E-state index in [1.807, 2.05) is 0 Å². The monoisotopic (exact) mass is 260 g/mol. The number of nitrogens with two attached hydrogens (primary N) is 1. The molecule has 0 amide bonds. The molecular formula is C14H13FN2O2. The van der Waals surface area contributed by atoms with Gasteiger partial charge in [-0.3, -0.25) is 5.41 Å². The van der Waals surface area contributed by atoms with Crippen LogP contribution in [0.4, 0.5) is 4.39 Å². The zero-order chi connectivity index (χ0) is 13.8. The van der Waals surface area contributed by atoms with E-state index in [1.54, 1.807) is 37.4 Å². The number of nitrogens with one attached hydrogen (secondary N) is 1. The molecule has 98 valence electrons. The lowest BCUT2D eigenvalue weighted by Crippen LogP contribution is -2.14. The highest BCUT2D eigenvalue weighted by molar-refractivity contribution is 5.98. The van der Waals surface area contributed by atoms with E-state index in [-0.39, 0.29) is 17.1 Å². The van der Waals surface area contributed by atoms with Crippen molar-refractivity contribution in [3.8, 4) is 17.2 Å². The number of rotatable bonds is 4. The number of hydrogen-bond acceptors (Lipinski definition) is 3. The second kappa shape index (κ2) is 5.39. The summed E-state index contributed by atoms with van der Waals surface area (Å²) < 4.78 is 24.2. The fourth-order valence-corrected chi connectivity index (χ4v) is 1.64. The van der Waals surface area contributed by atoms with Gasteiger partial charge < -0.3 is 15.2 Å². The molecule has 2 rings (SSSR count). The molecule has 4 nitrogen and oxygen atoms in total. The van der Waals surface area contributed by atoms with Crippen molar-refractivity contribution in [1.82, 2.24) is 0 Å². The number of hydrogen-bond donors (Lipinski definition) is 2. The van der Waals surface area contributed by atoms with Crippen molar-refractivity contribution in [2.75, 3.05) is 7.11 Å². The standard InChI is InChI=1S/C14H13FN2O2/c1-18-9-4-2-5-10(8-9)19-12-7-3-6-11(15)13(12)14(16)17/h2-8H,1H3,(H3,16,17). The van der Waals surface area contributed by atoms with E-state index in [9.17, 15) is 4.39 Å². The van der Waals surface area contributed by atoms with E-state index < -0.39 is 5.82 Å². The molecule has 5 heteroatoms. The molecule has 0 heterocycles. The summed E-state index contributed by atoms with van der Waals surface area (Å²) in [5, 5.41) is 7.39. The topological polar surface area (TPSA) is 68.3 Å². The Balaban J connectivity index is 2.38. The highest BCUT2D eigenvalue weighted by Gasteiger charge is 2.13. The molecule has 0 spiro atoms. The largest absolute Gasteiger partial charge is 0.497 e. The Bertz CT molecular complexity index is 614. The molecule has 0 atom stereocenters. The van der Waals surface area contributed by atoms with Gasteiger partial charge in [0.15, 0.2) is 0 Å². The minimum atomic E-state index is -0.590. The van der Waals surface area contributed by atoms with Gasteiger partial charge in [-0.2, -0.15) is 0 Å². The lowest BCUT2D eigenvalue weighted by Gasteiger charge is -2.11. The summed E-state index contributed by atoms with van der Waals surface area (Å²) >= 11 is 0. The number of nitrogen functional groups attached to an aromatic ring is 1. The van der Waals surface area contributed by atoms with Crippen LogP contribution >= 0.6 is 0 Å². The molecule has 19 heavy (non-hydrogen) atoms. The molecule has 2 aromatic carbocycles. The second-order valence-corrected chi connectivity index (χ2v) is 3.81. The fourth-order valence-electron chi connectivity index (χ4n) is 1.64. The summed E-state index contributed by atoms with van der Waals surface area (Å²) in [4.78, 5) is 0. The first-order valence-corrected chi connectivity index (χ1v) is 5.56. The van der Waals surface area contributed by atoms with Gasteiger partial charge in [-0.15, -0.1) is 0 Å². The molecular weight excluding hydrogens is 247 g/mol. The average molecular weight is 260 g/mol. The van der Waals surface area contributed by atoms with E-state index in [1.165, 1.54) is 12.1 Å². The van der Waals surface area contributed by atoms with Gasteiger partial charge in [-0.05, 0) is 24.3 Å². The van der Waals surface area contributed by atoms with Crippen LogP contribution in [0.3, 0.4) is 0 Å². The number of amidine groups is 1. The third-order valence-electron chi connectivity index (χ3n) is 2.51. The third-order valence-corrected chi connectivity index (χ3v) is 2.51. The van der Waals surface area contributed by atoms with Gasteiger partial charge in [0.05, 0.1) is 12.7 Å². The Hall–Kier alpha value is -2.56. The van der Waals surface area contributed by atoms with Gasteiger partial charge >= 0.3 is 0 Å². The van der Waals surface area contributed by atoms with E-state index in [2.05, 4.69) is 0 Å². The first kappa shape index (κ1) is 12.9. The third kappa shape index (κ3) is 2.82. The molecule has 0 saturated heterocycles. The van der Waals surface area contributed by atoms with Crippen LogP contribution in [-0.4, -0.2) is 12.9 Å². The second-order valence-electron chi connectivity index (χ2n) is 3.81. The minimum Gasteiger partial charge on any atom is -0.497 e. The molecule has 0 radical (unpaired) electrons. The predicted octanol–water partition coefficient (Wildman–Crippen LogP) is 2.91. The van der Waals surface area contributed by atoms with Crippen LogP contribution in [0.15, 0.2) is 42.5 Å². The van der Waals surface area contributed by atoms with Crippen LogP contribution in [0, 0.1) is 11.2 Å². The van der Waals surface area contributed by atoms with Gasteiger partial charge in [0.2, 0.25) is 0 Å². The van der Waals surface area contributed by atoms with E-state index in [0.29, 0.717) is 11.5 Å². The van der Waals surface area contributed by atoms with Crippen molar-refractivity contribution < 1.29 is 13.9 Å². The number of benzene rings is 2. The zero-order valence-electron chi connectivity index (χ0n) is 10.3. The van der Waals surface area contributed by atoms with Crippen LogP contribution in [0.5, 0.6) is 17.2 Å². The Morgan fingerprint density at radius 2 is 1.84 bits per heavy atom. The van der Waals surface area contributed by atoms with Crippen molar-refractivity contribution in [2.45, 2.75) is 0 Å². The summed E-state index contributed by atoms with van der Waals surface area (Å²) in [5.41, 5.74) is 5.31. The minimum absolute atomic E-state index is 0.0506. The number of halogens is 1. The molecule has 0 aromatic heterocycles. The van der Waals surface area contributed by atoms with Crippen LogP contribution in [0.2, 0.25) is 0 Å². The maximum Gasteiger partial charge on any atom is 0.141 e. The first-order chi connectivity index (χ1) is 9.11. The van der Waals surface area contributed by atoms with Gasteiger partial charge in [0, 0.05) is 6.07 Å². The summed E-state index contributed by atoms with van der Waals surface area (Å²) in [6.07, 6.45) is 0. The smallest absolute Gasteiger partial charge is 0.141 e. The van der Waals surface area contributed by atoms with Crippen molar-refractivity contribution in [1.29, 1.82) is 5.41 Å². The van der Waals surface area contributed by atoms with Crippen molar-refractivity contribution in [2.24, 2.45) is 5.73 Å². The molecule has 0 aliphatic carbocycles. The average Bonchev–Trinajstić information content (AvgIpc) is 2.38. The Morgan fingerprint density at radius 3 is 2.53 bits per heavy atom. The van der Waals surface area contributed by atoms with E-state index in [0.717, 1.165) is 0 Å². The van der Waals surface area contributed by atoms with Crippen LogP contribution in [0.1, 0.15) is 5.56 Å². The van der Waals surface area contributed by atoms with Gasteiger partial charge in [0.1, 0.15) is 28.9 Å². The SMILES string of the molecule is COc1cccc(Oc2cccc(F)c2C(=N)N)c1. The lowest BCUT2D eigenvalue weighted by molar-refractivity contribution is 0.408. The number of methoxy groups -OCH3 is 1. The molecule has 2 aromatic rings. The van der Waals surface area contributed by atoms with E-state index >= 15 is 0 Å². The Kier molecular flexibility index (Phi) is 3.66. The molecule has 0 aliphatic rings. The molecule has 0 unspecified atom stereocenters. The number of ether oxygens (including phenoxy) is 2. The van der Waals surface area contributed by atoms with Crippen molar-refractivity contribution >= 4 is 5.84 Å². The summed E-state index contributed by atoms with van der Waals surface area (Å²) in [6, 6.07) is 11.2. The van der Waals surface area contributed by atoms with E-state index in [4.69, 9.17) is 20.6 Å².